The number of alkyl halides is 4. The Morgan fingerprint density at radius 3 is 2.47 bits per heavy atom. The van der Waals surface area contributed by atoms with Crippen LogP contribution in [0.2, 0.25) is 0 Å². The molecule has 1 fully saturated rings. The SMILES string of the molecule is FC(F)(F)c1ccccc1NC1CCCCCC1Cl. The Balaban J connectivity index is 2.18. The summed E-state index contributed by atoms with van der Waals surface area (Å²) in [5, 5.41) is 2.89. The molecule has 0 heterocycles. The minimum Gasteiger partial charge on any atom is -0.380 e. The van der Waals surface area contributed by atoms with Gasteiger partial charge in [-0.05, 0) is 25.0 Å². The van der Waals surface area contributed by atoms with Crippen molar-refractivity contribution >= 4 is 17.3 Å². The molecule has 1 saturated carbocycles. The Morgan fingerprint density at radius 2 is 1.74 bits per heavy atom. The predicted octanol–water partition coefficient (Wildman–Crippen LogP) is 5.06. The summed E-state index contributed by atoms with van der Waals surface area (Å²) < 4.78 is 38.7. The highest BCUT2D eigenvalue weighted by Crippen LogP contribution is 2.36. The second kappa shape index (κ2) is 6.04. The van der Waals surface area contributed by atoms with Crippen LogP contribution in [0, 0.1) is 0 Å². The zero-order valence-corrected chi connectivity index (χ0v) is 11.3. The first-order valence-corrected chi connectivity index (χ1v) is 6.99. The van der Waals surface area contributed by atoms with Crippen molar-refractivity contribution in [2.45, 2.75) is 49.7 Å². The molecule has 5 heteroatoms. The van der Waals surface area contributed by atoms with Gasteiger partial charge in [0.05, 0.1) is 10.9 Å². The van der Waals surface area contributed by atoms with E-state index in [0.717, 1.165) is 38.2 Å². The zero-order valence-electron chi connectivity index (χ0n) is 10.5. The average molecular weight is 292 g/mol. The van der Waals surface area contributed by atoms with Gasteiger partial charge in [-0.2, -0.15) is 13.2 Å². The van der Waals surface area contributed by atoms with Gasteiger partial charge < -0.3 is 5.32 Å². The smallest absolute Gasteiger partial charge is 0.380 e. The van der Waals surface area contributed by atoms with Crippen molar-refractivity contribution < 1.29 is 13.2 Å². The number of para-hydroxylation sites is 1. The van der Waals surface area contributed by atoms with Crippen LogP contribution in [0.15, 0.2) is 24.3 Å². The van der Waals surface area contributed by atoms with E-state index in [1.54, 1.807) is 6.07 Å². The van der Waals surface area contributed by atoms with Crippen LogP contribution < -0.4 is 5.32 Å². The molecule has 1 aliphatic carbocycles. The molecular weight excluding hydrogens is 275 g/mol. The normalized spacial score (nSPS) is 24.8. The first-order valence-electron chi connectivity index (χ1n) is 6.55. The fraction of sp³-hybridized carbons (Fsp3) is 0.571. The lowest BCUT2D eigenvalue weighted by Crippen LogP contribution is -2.29. The summed E-state index contributed by atoms with van der Waals surface area (Å²) in [4.78, 5) is 0. The predicted molar refractivity (Wildman–Crippen MR) is 71.6 cm³/mol. The first-order chi connectivity index (χ1) is 8.98. The maximum atomic E-state index is 12.9. The molecule has 19 heavy (non-hydrogen) atoms. The van der Waals surface area contributed by atoms with Crippen LogP contribution in [-0.2, 0) is 6.18 Å². The van der Waals surface area contributed by atoms with Crippen molar-refractivity contribution in [1.29, 1.82) is 0 Å². The fourth-order valence-electron chi connectivity index (χ4n) is 2.48. The number of benzene rings is 1. The largest absolute Gasteiger partial charge is 0.418 e. The van der Waals surface area contributed by atoms with Crippen molar-refractivity contribution in [1.82, 2.24) is 0 Å². The molecule has 0 spiro atoms. The summed E-state index contributed by atoms with van der Waals surface area (Å²) in [6.07, 6.45) is 0.495. The summed E-state index contributed by atoms with van der Waals surface area (Å²) in [5.74, 6) is 0. The van der Waals surface area contributed by atoms with E-state index in [9.17, 15) is 13.2 Å². The van der Waals surface area contributed by atoms with Gasteiger partial charge in [-0.15, -0.1) is 11.6 Å². The highest BCUT2D eigenvalue weighted by Gasteiger charge is 2.34. The van der Waals surface area contributed by atoms with Crippen LogP contribution in [0.4, 0.5) is 18.9 Å². The molecule has 0 aromatic heterocycles. The van der Waals surface area contributed by atoms with E-state index in [-0.39, 0.29) is 17.1 Å². The Labute approximate surface area is 116 Å². The van der Waals surface area contributed by atoms with E-state index in [1.807, 2.05) is 0 Å². The average Bonchev–Trinajstić information content (AvgIpc) is 2.54. The van der Waals surface area contributed by atoms with E-state index >= 15 is 0 Å². The summed E-state index contributed by atoms with van der Waals surface area (Å²) in [6.45, 7) is 0. The fourth-order valence-corrected chi connectivity index (χ4v) is 2.82. The summed E-state index contributed by atoms with van der Waals surface area (Å²) >= 11 is 6.26. The molecule has 0 aliphatic heterocycles. The molecule has 1 nitrogen and oxygen atoms in total. The summed E-state index contributed by atoms with van der Waals surface area (Å²) in [5.41, 5.74) is -0.490. The van der Waals surface area contributed by atoms with Crippen LogP contribution in [0.1, 0.15) is 37.7 Å². The second-order valence-corrected chi connectivity index (χ2v) is 5.51. The third-order valence-corrected chi connectivity index (χ3v) is 4.03. The maximum absolute atomic E-state index is 12.9. The number of hydrogen-bond donors (Lipinski definition) is 1. The molecule has 0 amide bonds. The molecule has 1 N–H and O–H groups in total. The third kappa shape index (κ3) is 3.78. The van der Waals surface area contributed by atoms with Crippen LogP contribution in [0.25, 0.3) is 0 Å². The van der Waals surface area contributed by atoms with Crippen molar-refractivity contribution in [3.05, 3.63) is 29.8 Å². The molecule has 0 radical (unpaired) electrons. The van der Waals surface area contributed by atoms with Crippen LogP contribution >= 0.6 is 11.6 Å². The van der Waals surface area contributed by atoms with E-state index < -0.39 is 11.7 Å². The summed E-state index contributed by atoms with van der Waals surface area (Å²) in [7, 11) is 0. The molecule has 2 rings (SSSR count). The highest BCUT2D eigenvalue weighted by molar-refractivity contribution is 6.21. The third-order valence-electron chi connectivity index (χ3n) is 3.50. The van der Waals surface area contributed by atoms with Gasteiger partial charge in [0.15, 0.2) is 0 Å². The molecule has 2 atom stereocenters. The Morgan fingerprint density at radius 1 is 1.05 bits per heavy atom. The number of rotatable bonds is 2. The van der Waals surface area contributed by atoms with Gasteiger partial charge in [-0.3, -0.25) is 0 Å². The molecule has 0 bridgehead atoms. The van der Waals surface area contributed by atoms with Crippen LogP contribution in [0.3, 0.4) is 0 Å². The first kappa shape index (κ1) is 14.5. The molecule has 1 aliphatic rings. The minimum atomic E-state index is -4.34. The number of halogens is 4. The maximum Gasteiger partial charge on any atom is 0.418 e. The van der Waals surface area contributed by atoms with E-state index in [0.29, 0.717) is 0 Å². The van der Waals surface area contributed by atoms with Gasteiger partial charge in [0.25, 0.3) is 0 Å². The zero-order chi connectivity index (χ0) is 13.9. The van der Waals surface area contributed by atoms with Crippen LogP contribution in [0.5, 0.6) is 0 Å². The molecule has 2 unspecified atom stereocenters. The van der Waals surface area contributed by atoms with Crippen molar-refractivity contribution in [3.63, 3.8) is 0 Å². The van der Waals surface area contributed by atoms with Gasteiger partial charge >= 0.3 is 6.18 Å². The Kier molecular flexibility index (Phi) is 4.61. The topological polar surface area (TPSA) is 12.0 Å². The highest BCUT2D eigenvalue weighted by atomic mass is 35.5. The summed E-state index contributed by atoms with van der Waals surface area (Å²) in [6, 6.07) is 5.49. The second-order valence-electron chi connectivity index (χ2n) is 4.95. The van der Waals surface area contributed by atoms with Crippen molar-refractivity contribution in [2.75, 3.05) is 5.32 Å². The van der Waals surface area contributed by atoms with Gasteiger partial charge in [-0.1, -0.05) is 31.4 Å². The number of hydrogen-bond acceptors (Lipinski definition) is 1. The quantitative estimate of drug-likeness (QED) is 0.593. The lowest BCUT2D eigenvalue weighted by molar-refractivity contribution is -0.137. The van der Waals surface area contributed by atoms with Gasteiger partial charge in [-0.25, -0.2) is 0 Å². The molecule has 106 valence electrons. The van der Waals surface area contributed by atoms with Gasteiger partial charge in [0.1, 0.15) is 0 Å². The Hall–Kier alpha value is -0.900. The Bertz CT molecular complexity index is 419. The van der Waals surface area contributed by atoms with Crippen molar-refractivity contribution in [2.24, 2.45) is 0 Å². The van der Waals surface area contributed by atoms with Crippen LogP contribution in [-0.4, -0.2) is 11.4 Å². The standard InChI is InChI=1S/C14H17ClF3N/c15-11-7-2-1-3-9-13(11)19-12-8-5-4-6-10(12)14(16,17)18/h4-6,8,11,13,19H,1-3,7,9H2. The lowest BCUT2D eigenvalue weighted by Gasteiger charge is -2.24. The molecule has 1 aromatic rings. The molecular formula is C14H17ClF3N. The van der Waals surface area contributed by atoms with Gasteiger partial charge in [0.2, 0.25) is 0 Å². The monoisotopic (exact) mass is 291 g/mol. The molecule has 1 aromatic carbocycles. The van der Waals surface area contributed by atoms with E-state index in [2.05, 4.69) is 5.32 Å². The van der Waals surface area contributed by atoms with Gasteiger partial charge in [0, 0.05) is 11.7 Å². The van der Waals surface area contributed by atoms with E-state index in [1.165, 1.54) is 12.1 Å². The number of nitrogens with one attached hydrogen (secondary N) is 1. The van der Waals surface area contributed by atoms with E-state index in [4.69, 9.17) is 11.6 Å². The lowest BCUT2D eigenvalue weighted by atomic mass is 10.1. The number of anilines is 1. The minimum absolute atomic E-state index is 0.0901. The molecule has 0 saturated heterocycles. The van der Waals surface area contributed by atoms with Crippen molar-refractivity contribution in [3.8, 4) is 0 Å².